The molecule has 0 aliphatic carbocycles. The van der Waals surface area contributed by atoms with Crippen molar-refractivity contribution in [3.63, 3.8) is 0 Å². The summed E-state index contributed by atoms with van der Waals surface area (Å²) in [6.07, 6.45) is 2.13. The van der Waals surface area contributed by atoms with Gasteiger partial charge in [0.25, 0.3) is 5.91 Å². The third-order valence-corrected chi connectivity index (χ3v) is 4.97. The van der Waals surface area contributed by atoms with Gasteiger partial charge >= 0.3 is 0 Å². The Balaban J connectivity index is 1.84. The second-order valence-electron chi connectivity index (χ2n) is 6.51. The van der Waals surface area contributed by atoms with E-state index in [0.717, 1.165) is 25.9 Å². The van der Waals surface area contributed by atoms with Crippen molar-refractivity contribution in [2.45, 2.75) is 25.7 Å². The first kappa shape index (κ1) is 17.3. The van der Waals surface area contributed by atoms with Gasteiger partial charge in [0.1, 0.15) is 11.5 Å². The molecule has 2 aromatic carbocycles. The molecule has 1 fully saturated rings. The maximum absolute atomic E-state index is 13.1. The molecule has 1 atom stereocenters. The second-order valence-corrected chi connectivity index (χ2v) is 6.51. The first-order chi connectivity index (χ1) is 12.1. The molecule has 0 unspecified atom stereocenters. The van der Waals surface area contributed by atoms with Gasteiger partial charge in [-0.2, -0.15) is 0 Å². The smallest absolute Gasteiger partial charge is 0.257 e. The van der Waals surface area contributed by atoms with Crippen LogP contribution in [0.3, 0.4) is 0 Å². The molecule has 0 bridgehead atoms. The van der Waals surface area contributed by atoms with Crippen LogP contribution in [0.15, 0.2) is 42.5 Å². The maximum atomic E-state index is 13.1. The number of aryl methyl sites for hydroxylation is 1. The second kappa shape index (κ2) is 7.60. The molecule has 0 radical (unpaired) electrons. The SMILES string of the molecule is COc1ccc(OC)c(C(=O)N2CCC[C@H](c3ccccc3C)C2)c1. The molecule has 0 saturated carbocycles. The lowest BCUT2D eigenvalue weighted by Gasteiger charge is -2.34. The number of amides is 1. The largest absolute Gasteiger partial charge is 0.497 e. The number of piperidine rings is 1. The normalized spacial score (nSPS) is 17.2. The van der Waals surface area contributed by atoms with Gasteiger partial charge in [0, 0.05) is 19.0 Å². The summed E-state index contributed by atoms with van der Waals surface area (Å²) in [6.45, 7) is 3.66. The van der Waals surface area contributed by atoms with E-state index in [9.17, 15) is 4.79 Å². The minimum absolute atomic E-state index is 0.00836. The van der Waals surface area contributed by atoms with Gasteiger partial charge in [-0.05, 0) is 49.1 Å². The number of hydrogen-bond acceptors (Lipinski definition) is 3. The molecule has 0 spiro atoms. The van der Waals surface area contributed by atoms with Crippen molar-refractivity contribution in [2.75, 3.05) is 27.3 Å². The summed E-state index contributed by atoms with van der Waals surface area (Å²) in [4.78, 5) is 15.0. The Bertz CT molecular complexity index is 757. The molecule has 4 heteroatoms. The molecular formula is C21H25NO3. The van der Waals surface area contributed by atoms with Crippen LogP contribution < -0.4 is 9.47 Å². The summed E-state index contributed by atoms with van der Waals surface area (Å²) in [5.74, 6) is 1.64. The molecule has 2 aromatic rings. The summed E-state index contributed by atoms with van der Waals surface area (Å²) in [5, 5.41) is 0. The van der Waals surface area contributed by atoms with Crippen LogP contribution in [0.4, 0.5) is 0 Å². The van der Waals surface area contributed by atoms with Crippen LogP contribution in [-0.2, 0) is 0 Å². The number of carbonyl (C=O) groups excluding carboxylic acids is 1. The number of hydrogen-bond donors (Lipinski definition) is 0. The van der Waals surface area contributed by atoms with Gasteiger partial charge < -0.3 is 14.4 Å². The number of carbonyl (C=O) groups is 1. The van der Waals surface area contributed by atoms with Crippen LogP contribution in [0, 0.1) is 6.92 Å². The molecule has 1 aliphatic rings. The van der Waals surface area contributed by atoms with E-state index in [0.29, 0.717) is 23.0 Å². The van der Waals surface area contributed by atoms with Gasteiger partial charge in [0.2, 0.25) is 0 Å². The number of benzene rings is 2. The van der Waals surface area contributed by atoms with E-state index in [1.807, 2.05) is 11.0 Å². The molecule has 4 nitrogen and oxygen atoms in total. The number of rotatable bonds is 4. The summed E-state index contributed by atoms with van der Waals surface area (Å²) >= 11 is 0. The molecule has 0 aromatic heterocycles. The molecule has 1 heterocycles. The number of methoxy groups -OCH3 is 2. The van der Waals surface area contributed by atoms with E-state index in [1.54, 1.807) is 26.4 Å². The first-order valence-electron chi connectivity index (χ1n) is 8.71. The van der Waals surface area contributed by atoms with Crippen molar-refractivity contribution in [1.29, 1.82) is 0 Å². The third-order valence-electron chi connectivity index (χ3n) is 4.97. The average Bonchev–Trinajstić information content (AvgIpc) is 2.67. The zero-order chi connectivity index (χ0) is 17.8. The standard InChI is InChI=1S/C21H25NO3/c1-15-7-4-5-9-18(15)16-8-6-12-22(14-16)21(23)19-13-17(24-2)10-11-20(19)25-3/h4-5,7,9-11,13,16H,6,8,12,14H2,1-3H3/t16-/m0/s1. The third kappa shape index (κ3) is 3.63. The molecule has 1 aliphatic heterocycles. The maximum Gasteiger partial charge on any atom is 0.257 e. The Morgan fingerprint density at radius 1 is 1.12 bits per heavy atom. The summed E-state index contributed by atoms with van der Waals surface area (Å²) in [5.41, 5.74) is 3.20. The number of nitrogens with zero attached hydrogens (tertiary/aromatic N) is 1. The summed E-state index contributed by atoms with van der Waals surface area (Å²) in [7, 11) is 3.19. The highest BCUT2D eigenvalue weighted by Crippen LogP contribution is 2.31. The zero-order valence-electron chi connectivity index (χ0n) is 15.1. The minimum Gasteiger partial charge on any atom is -0.497 e. The molecule has 3 rings (SSSR count). The van der Waals surface area contributed by atoms with Gasteiger partial charge in [-0.15, -0.1) is 0 Å². The zero-order valence-corrected chi connectivity index (χ0v) is 15.1. The molecule has 1 saturated heterocycles. The predicted molar refractivity (Wildman–Crippen MR) is 98.6 cm³/mol. The van der Waals surface area contributed by atoms with E-state index in [-0.39, 0.29) is 5.91 Å². The lowest BCUT2D eigenvalue weighted by Crippen LogP contribution is -2.39. The molecular weight excluding hydrogens is 314 g/mol. The highest BCUT2D eigenvalue weighted by atomic mass is 16.5. The lowest BCUT2D eigenvalue weighted by atomic mass is 9.87. The summed E-state index contributed by atoms with van der Waals surface area (Å²) in [6, 6.07) is 13.8. The molecule has 25 heavy (non-hydrogen) atoms. The highest BCUT2D eigenvalue weighted by Gasteiger charge is 2.28. The van der Waals surface area contributed by atoms with Gasteiger partial charge in [0.05, 0.1) is 19.8 Å². The van der Waals surface area contributed by atoms with E-state index >= 15 is 0 Å². The fourth-order valence-corrected chi connectivity index (χ4v) is 3.61. The topological polar surface area (TPSA) is 38.8 Å². The minimum atomic E-state index is 0.00836. The van der Waals surface area contributed by atoms with Crippen LogP contribution in [0.25, 0.3) is 0 Å². The van der Waals surface area contributed by atoms with Crippen LogP contribution in [0.1, 0.15) is 40.2 Å². The number of ether oxygens (including phenoxy) is 2. The van der Waals surface area contributed by atoms with Crippen molar-refractivity contribution in [1.82, 2.24) is 4.90 Å². The van der Waals surface area contributed by atoms with Crippen molar-refractivity contribution >= 4 is 5.91 Å². The quantitative estimate of drug-likeness (QED) is 0.844. The van der Waals surface area contributed by atoms with Crippen molar-refractivity contribution in [3.8, 4) is 11.5 Å². The van der Waals surface area contributed by atoms with Crippen LogP contribution >= 0.6 is 0 Å². The van der Waals surface area contributed by atoms with E-state index in [1.165, 1.54) is 11.1 Å². The Morgan fingerprint density at radius 3 is 2.64 bits per heavy atom. The monoisotopic (exact) mass is 339 g/mol. The van der Waals surface area contributed by atoms with Crippen molar-refractivity contribution < 1.29 is 14.3 Å². The van der Waals surface area contributed by atoms with Crippen LogP contribution in [-0.4, -0.2) is 38.1 Å². The first-order valence-corrected chi connectivity index (χ1v) is 8.71. The van der Waals surface area contributed by atoms with Gasteiger partial charge in [-0.25, -0.2) is 0 Å². The average molecular weight is 339 g/mol. The van der Waals surface area contributed by atoms with E-state index in [2.05, 4.69) is 31.2 Å². The predicted octanol–water partition coefficient (Wildman–Crippen LogP) is 4.03. The van der Waals surface area contributed by atoms with Crippen LogP contribution in [0.5, 0.6) is 11.5 Å². The van der Waals surface area contributed by atoms with E-state index < -0.39 is 0 Å². The Morgan fingerprint density at radius 2 is 1.92 bits per heavy atom. The number of likely N-dealkylation sites (tertiary alicyclic amines) is 1. The van der Waals surface area contributed by atoms with Crippen molar-refractivity contribution in [2.24, 2.45) is 0 Å². The Hall–Kier alpha value is -2.49. The van der Waals surface area contributed by atoms with Gasteiger partial charge in [-0.1, -0.05) is 24.3 Å². The fraction of sp³-hybridized carbons (Fsp3) is 0.381. The van der Waals surface area contributed by atoms with Gasteiger partial charge in [-0.3, -0.25) is 4.79 Å². The highest BCUT2D eigenvalue weighted by molar-refractivity contribution is 5.97. The lowest BCUT2D eigenvalue weighted by molar-refractivity contribution is 0.0703. The molecule has 0 N–H and O–H groups in total. The van der Waals surface area contributed by atoms with E-state index in [4.69, 9.17) is 9.47 Å². The van der Waals surface area contributed by atoms with Gasteiger partial charge in [0.15, 0.2) is 0 Å². The van der Waals surface area contributed by atoms with Crippen LogP contribution in [0.2, 0.25) is 0 Å². The fourth-order valence-electron chi connectivity index (χ4n) is 3.61. The molecule has 132 valence electrons. The summed E-state index contributed by atoms with van der Waals surface area (Å²) < 4.78 is 10.7. The Kier molecular flexibility index (Phi) is 5.27. The van der Waals surface area contributed by atoms with Crippen molar-refractivity contribution in [3.05, 3.63) is 59.2 Å². The molecule has 1 amide bonds. The Labute approximate surface area is 149 Å².